The Balaban J connectivity index is 2.18. The summed E-state index contributed by atoms with van der Waals surface area (Å²) in [5.41, 5.74) is 0.255. The number of hydrogen-bond donors (Lipinski definition) is 2. The van der Waals surface area contributed by atoms with Crippen molar-refractivity contribution >= 4 is 30.1 Å². The monoisotopic (exact) mass is 355 g/mol. The smallest absolute Gasteiger partial charge is 0.345 e. The van der Waals surface area contributed by atoms with Gasteiger partial charge >= 0.3 is 7.60 Å². The second-order valence-electron chi connectivity index (χ2n) is 4.79. The van der Waals surface area contributed by atoms with E-state index in [1.54, 1.807) is 19.9 Å². The van der Waals surface area contributed by atoms with E-state index in [1.807, 2.05) is 0 Å². The van der Waals surface area contributed by atoms with Crippen LogP contribution in [0.1, 0.15) is 24.3 Å². The molecule has 0 saturated carbocycles. The average Bonchev–Trinajstić information content (AvgIpc) is 2.97. The molecule has 0 aliphatic rings. The molecule has 2 rings (SSSR count). The van der Waals surface area contributed by atoms with E-state index in [2.05, 4.69) is 10.3 Å². The fourth-order valence-electron chi connectivity index (χ4n) is 2.20. The molecule has 0 aliphatic heterocycles. The van der Waals surface area contributed by atoms with Crippen molar-refractivity contribution in [3.05, 3.63) is 40.1 Å². The number of non-ortho nitro benzene ring substituents is 1. The number of carbonyl (C=O) groups is 1. The molecule has 0 fully saturated rings. The molecule has 1 amide bonds. The summed E-state index contributed by atoms with van der Waals surface area (Å²) in [7, 11) is -3.41. The van der Waals surface area contributed by atoms with Crippen molar-refractivity contribution in [1.29, 1.82) is 0 Å². The van der Waals surface area contributed by atoms with Crippen LogP contribution in [0.3, 0.4) is 0 Å². The number of nitrogens with one attached hydrogen (secondary N) is 2. The highest BCUT2D eigenvalue weighted by Crippen LogP contribution is 2.46. The minimum atomic E-state index is -3.41. The molecule has 10 heteroatoms. The lowest BCUT2D eigenvalue weighted by Gasteiger charge is -2.17. The number of carbonyl (C=O) groups excluding carboxylic acids is 1. The summed E-state index contributed by atoms with van der Waals surface area (Å²) in [6.45, 7) is 3.71. The van der Waals surface area contributed by atoms with Crippen LogP contribution in [-0.4, -0.2) is 35.3 Å². The summed E-state index contributed by atoms with van der Waals surface area (Å²) in [6.07, 6.45) is -0.287. The highest BCUT2D eigenvalue weighted by atomic mass is 31.2. The summed E-state index contributed by atoms with van der Waals surface area (Å²) in [5, 5.41) is 14.0. The first-order valence-corrected chi connectivity index (χ1v) is 9.05. The molecule has 0 spiro atoms. The van der Waals surface area contributed by atoms with Crippen LogP contribution in [0, 0.1) is 10.1 Å². The zero-order chi connectivity index (χ0) is 17.7. The molecule has 24 heavy (non-hydrogen) atoms. The molecule has 0 atom stereocenters. The SMILES string of the molecule is CCOP(=O)(CNC(=O)c1cc2cccc([N+](=O)[O-])c2[nH]1)OCC. The maximum absolute atomic E-state index is 12.3. The number of nitro benzene ring substituents is 1. The number of fused-ring (bicyclic) bond motifs is 1. The summed E-state index contributed by atoms with van der Waals surface area (Å²) in [6, 6.07) is 6.03. The van der Waals surface area contributed by atoms with Crippen molar-refractivity contribution in [2.75, 3.05) is 19.5 Å². The second kappa shape index (κ2) is 7.57. The first-order chi connectivity index (χ1) is 11.4. The van der Waals surface area contributed by atoms with Crippen LogP contribution in [0.25, 0.3) is 10.9 Å². The van der Waals surface area contributed by atoms with Crippen molar-refractivity contribution in [1.82, 2.24) is 10.3 Å². The van der Waals surface area contributed by atoms with Crippen LogP contribution >= 0.6 is 7.60 Å². The third kappa shape index (κ3) is 4.00. The van der Waals surface area contributed by atoms with E-state index in [-0.39, 0.29) is 36.4 Å². The Labute approximate surface area is 138 Å². The van der Waals surface area contributed by atoms with Crippen LogP contribution < -0.4 is 5.32 Å². The Kier molecular flexibility index (Phi) is 5.71. The van der Waals surface area contributed by atoms with Crippen molar-refractivity contribution in [2.24, 2.45) is 0 Å². The summed E-state index contributed by atoms with van der Waals surface area (Å²) >= 11 is 0. The van der Waals surface area contributed by atoms with Gasteiger partial charge in [0.1, 0.15) is 17.5 Å². The van der Waals surface area contributed by atoms with E-state index in [0.29, 0.717) is 5.39 Å². The average molecular weight is 355 g/mol. The Morgan fingerprint density at radius 2 is 2.00 bits per heavy atom. The molecule has 0 aliphatic carbocycles. The molecule has 1 heterocycles. The molecule has 1 aromatic heterocycles. The molecule has 1 aromatic carbocycles. The van der Waals surface area contributed by atoms with Gasteiger partial charge in [0.15, 0.2) is 0 Å². The van der Waals surface area contributed by atoms with Crippen LogP contribution in [0.15, 0.2) is 24.3 Å². The lowest BCUT2D eigenvalue weighted by Crippen LogP contribution is -2.26. The van der Waals surface area contributed by atoms with Gasteiger partial charge in [0.2, 0.25) is 0 Å². The summed E-state index contributed by atoms with van der Waals surface area (Å²) in [5.74, 6) is -0.555. The maximum Gasteiger partial charge on any atom is 0.349 e. The quantitative estimate of drug-likeness (QED) is 0.426. The Morgan fingerprint density at radius 1 is 1.33 bits per heavy atom. The van der Waals surface area contributed by atoms with E-state index in [4.69, 9.17) is 9.05 Å². The van der Waals surface area contributed by atoms with Gasteiger partial charge in [-0.15, -0.1) is 0 Å². The number of aromatic amines is 1. The van der Waals surface area contributed by atoms with E-state index in [0.717, 1.165) is 0 Å². The number of hydrogen-bond acceptors (Lipinski definition) is 6. The van der Waals surface area contributed by atoms with Gasteiger partial charge in [0, 0.05) is 11.5 Å². The van der Waals surface area contributed by atoms with Gasteiger partial charge in [-0.1, -0.05) is 12.1 Å². The molecule has 0 radical (unpaired) electrons. The van der Waals surface area contributed by atoms with Gasteiger partial charge in [-0.05, 0) is 19.9 Å². The first kappa shape index (κ1) is 18.1. The number of amides is 1. The number of aromatic nitrogens is 1. The van der Waals surface area contributed by atoms with Crippen LogP contribution in [0.2, 0.25) is 0 Å². The number of rotatable bonds is 8. The number of H-pyrrole nitrogens is 1. The molecular weight excluding hydrogens is 337 g/mol. The number of para-hydroxylation sites is 1. The van der Waals surface area contributed by atoms with Crippen LogP contribution in [-0.2, 0) is 13.6 Å². The van der Waals surface area contributed by atoms with Gasteiger partial charge in [0.05, 0.1) is 18.1 Å². The van der Waals surface area contributed by atoms with E-state index < -0.39 is 18.4 Å². The molecular formula is C14H18N3O6P. The van der Waals surface area contributed by atoms with Crippen LogP contribution in [0.4, 0.5) is 5.69 Å². The highest BCUT2D eigenvalue weighted by Gasteiger charge is 2.25. The summed E-state index contributed by atoms with van der Waals surface area (Å²) in [4.78, 5) is 25.4. The minimum Gasteiger partial charge on any atom is -0.345 e. The van der Waals surface area contributed by atoms with Gasteiger partial charge in [-0.2, -0.15) is 0 Å². The van der Waals surface area contributed by atoms with Crippen molar-refractivity contribution in [3.63, 3.8) is 0 Å². The lowest BCUT2D eigenvalue weighted by molar-refractivity contribution is -0.383. The predicted molar refractivity (Wildman–Crippen MR) is 88.1 cm³/mol. The van der Waals surface area contributed by atoms with Gasteiger partial charge < -0.3 is 19.3 Å². The molecule has 130 valence electrons. The Hall–Kier alpha value is -2.22. The van der Waals surface area contributed by atoms with E-state index in [9.17, 15) is 19.5 Å². The molecule has 0 saturated heterocycles. The third-order valence-electron chi connectivity index (χ3n) is 3.16. The minimum absolute atomic E-state index is 0.124. The normalized spacial score (nSPS) is 11.6. The van der Waals surface area contributed by atoms with Gasteiger partial charge in [-0.25, -0.2) is 0 Å². The summed E-state index contributed by atoms with van der Waals surface area (Å²) < 4.78 is 22.5. The third-order valence-corrected chi connectivity index (χ3v) is 5.01. The van der Waals surface area contributed by atoms with Crippen molar-refractivity contribution in [3.8, 4) is 0 Å². The molecule has 9 nitrogen and oxygen atoms in total. The second-order valence-corrected chi connectivity index (χ2v) is 6.85. The topological polar surface area (TPSA) is 124 Å². The molecule has 2 aromatic rings. The van der Waals surface area contributed by atoms with E-state index in [1.165, 1.54) is 18.2 Å². The number of nitrogens with zero attached hydrogens (tertiary/aromatic N) is 1. The molecule has 0 unspecified atom stereocenters. The molecule has 2 N–H and O–H groups in total. The predicted octanol–water partition coefficient (Wildman–Crippen LogP) is 3.03. The lowest BCUT2D eigenvalue weighted by atomic mass is 10.2. The standard InChI is InChI=1S/C14H18N3O6P/c1-3-22-24(21,23-4-2)9-15-14(18)11-8-10-6-5-7-12(17(19)20)13(10)16-11/h5-8,16H,3-4,9H2,1-2H3,(H,15,18). The maximum atomic E-state index is 12.3. The van der Waals surface area contributed by atoms with Gasteiger partial charge in [0.25, 0.3) is 11.6 Å². The fraction of sp³-hybridized carbons (Fsp3) is 0.357. The number of nitro groups is 1. The largest absolute Gasteiger partial charge is 0.349 e. The highest BCUT2D eigenvalue weighted by molar-refractivity contribution is 7.53. The zero-order valence-electron chi connectivity index (χ0n) is 13.3. The van der Waals surface area contributed by atoms with Crippen LogP contribution in [0.5, 0.6) is 0 Å². The Bertz CT molecular complexity index is 793. The van der Waals surface area contributed by atoms with E-state index >= 15 is 0 Å². The Morgan fingerprint density at radius 3 is 2.58 bits per heavy atom. The zero-order valence-corrected chi connectivity index (χ0v) is 14.2. The number of benzene rings is 1. The van der Waals surface area contributed by atoms with Gasteiger partial charge in [-0.3, -0.25) is 19.5 Å². The molecule has 0 bridgehead atoms. The fourth-order valence-corrected chi connectivity index (χ4v) is 3.58. The first-order valence-electron chi connectivity index (χ1n) is 7.32. The van der Waals surface area contributed by atoms with Crippen molar-refractivity contribution in [2.45, 2.75) is 13.8 Å². The van der Waals surface area contributed by atoms with Crippen molar-refractivity contribution < 1.29 is 23.3 Å².